The predicted octanol–water partition coefficient (Wildman–Crippen LogP) is 2.11. The number of nitrogens with one attached hydrogen (secondary N) is 1. The zero-order valence-corrected chi connectivity index (χ0v) is 12.7. The Morgan fingerprint density at radius 1 is 1.05 bits per heavy atom. The Labute approximate surface area is 125 Å². The quantitative estimate of drug-likeness (QED) is 0.925. The van der Waals surface area contributed by atoms with Gasteiger partial charge in [0, 0.05) is 29.5 Å². The Balaban J connectivity index is 1.76. The van der Waals surface area contributed by atoms with Gasteiger partial charge in [-0.2, -0.15) is 0 Å². The van der Waals surface area contributed by atoms with Crippen molar-refractivity contribution in [3.05, 3.63) is 16.7 Å². The average Bonchev–Trinajstić information content (AvgIpc) is 3.17. The Kier molecular flexibility index (Phi) is 3.42. The van der Waals surface area contributed by atoms with Crippen molar-refractivity contribution in [1.82, 2.24) is 5.32 Å². The number of hydrogen-bond donors (Lipinski definition) is 1. The number of rotatable bonds is 3. The Hall–Kier alpha value is -1.42. The van der Waals surface area contributed by atoms with E-state index < -0.39 is 0 Å². The largest absolute Gasteiger partial charge is 0.493 e. The third-order valence-corrected chi connectivity index (χ3v) is 5.02. The van der Waals surface area contributed by atoms with Gasteiger partial charge in [0.15, 0.2) is 11.5 Å². The van der Waals surface area contributed by atoms with E-state index in [2.05, 4.69) is 5.32 Å². The summed E-state index contributed by atoms with van der Waals surface area (Å²) in [6, 6.07) is 0. The molecule has 4 heteroatoms. The summed E-state index contributed by atoms with van der Waals surface area (Å²) in [5, 5.41) is 3.45. The molecule has 0 atom stereocenters. The molecule has 0 spiro atoms. The predicted molar refractivity (Wildman–Crippen MR) is 80.7 cm³/mol. The smallest absolute Gasteiger partial charge is 0.168 e. The molecule has 0 saturated carbocycles. The van der Waals surface area contributed by atoms with E-state index >= 15 is 0 Å². The lowest BCUT2D eigenvalue weighted by Gasteiger charge is -2.25. The molecule has 0 bridgehead atoms. The standard InChI is InChI=1S/C17H23NO3/c1-19-16-13-5-9-20-15(13)14(12-4-8-21-17(12)16)10-11-2-6-18-7-3-11/h11,18H,2-10H2,1H3. The van der Waals surface area contributed by atoms with E-state index in [4.69, 9.17) is 14.2 Å². The van der Waals surface area contributed by atoms with Crippen molar-refractivity contribution in [3.63, 3.8) is 0 Å². The van der Waals surface area contributed by atoms with Gasteiger partial charge in [0.2, 0.25) is 0 Å². The van der Waals surface area contributed by atoms with Gasteiger partial charge in [0.1, 0.15) is 5.75 Å². The Morgan fingerprint density at radius 3 is 2.52 bits per heavy atom. The second-order valence-electron chi connectivity index (χ2n) is 6.22. The van der Waals surface area contributed by atoms with Gasteiger partial charge in [0.25, 0.3) is 0 Å². The summed E-state index contributed by atoms with van der Waals surface area (Å²) >= 11 is 0. The molecule has 0 radical (unpaired) electrons. The van der Waals surface area contributed by atoms with Crippen molar-refractivity contribution in [2.75, 3.05) is 33.4 Å². The molecule has 0 amide bonds. The first-order valence-corrected chi connectivity index (χ1v) is 8.09. The second kappa shape index (κ2) is 5.41. The summed E-state index contributed by atoms with van der Waals surface area (Å²) in [4.78, 5) is 0. The third kappa shape index (κ3) is 2.16. The molecule has 0 aliphatic carbocycles. The van der Waals surface area contributed by atoms with Crippen molar-refractivity contribution < 1.29 is 14.2 Å². The van der Waals surface area contributed by atoms with Crippen molar-refractivity contribution in [1.29, 1.82) is 0 Å². The molecule has 3 aliphatic rings. The summed E-state index contributed by atoms with van der Waals surface area (Å²) < 4.78 is 17.5. The fourth-order valence-electron chi connectivity index (χ4n) is 3.97. The van der Waals surface area contributed by atoms with Crippen LogP contribution in [0.25, 0.3) is 0 Å². The van der Waals surface area contributed by atoms with E-state index in [9.17, 15) is 0 Å². The SMILES string of the molecule is COc1c2c(c(CC3CCNCC3)c3c1OCC3)OCC2. The molecule has 1 saturated heterocycles. The first-order valence-electron chi connectivity index (χ1n) is 8.09. The number of benzene rings is 1. The van der Waals surface area contributed by atoms with Gasteiger partial charge in [0.05, 0.1) is 20.3 Å². The minimum Gasteiger partial charge on any atom is -0.493 e. The molecule has 1 aromatic rings. The third-order valence-electron chi connectivity index (χ3n) is 5.02. The van der Waals surface area contributed by atoms with Crippen LogP contribution in [0.4, 0.5) is 0 Å². The summed E-state index contributed by atoms with van der Waals surface area (Å²) in [7, 11) is 1.74. The van der Waals surface area contributed by atoms with Crippen LogP contribution in [0, 0.1) is 5.92 Å². The van der Waals surface area contributed by atoms with Crippen molar-refractivity contribution in [2.45, 2.75) is 32.1 Å². The molecule has 0 aromatic heterocycles. The molecule has 4 nitrogen and oxygen atoms in total. The minimum atomic E-state index is 0.762. The lowest BCUT2D eigenvalue weighted by molar-refractivity contribution is 0.324. The average molecular weight is 289 g/mol. The van der Waals surface area contributed by atoms with Crippen LogP contribution < -0.4 is 19.5 Å². The van der Waals surface area contributed by atoms with Gasteiger partial charge < -0.3 is 19.5 Å². The van der Waals surface area contributed by atoms with Gasteiger partial charge in [-0.25, -0.2) is 0 Å². The van der Waals surface area contributed by atoms with Crippen LogP contribution in [0.3, 0.4) is 0 Å². The highest BCUT2D eigenvalue weighted by Gasteiger charge is 2.33. The zero-order chi connectivity index (χ0) is 14.2. The first-order chi connectivity index (χ1) is 10.4. The fourth-order valence-corrected chi connectivity index (χ4v) is 3.97. The van der Waals surface area contributed by atoms with Gasteiger partial charge in [-0.05, 0) is 38.3 Å². The number of piperidine rings is 1. The van der Waals surface area contributed by atoms with Gasteiger partial charge in [-0.1, -0.05) is 0 Å². The van der Waals surface area contributed by atoms with Crippen LogP contribution in [0.2, 0.25) is 0 Å². The zero-order valence-electron chi connectivity index (χ0n) is 12.7. The summed E-state index contributed by atoms with van der Waals surface area (Å²) in [5.74, 6) is 3.78. The van der Waals surface area contributed by atoms with E-state index in [0.717, 1.165) is 68.7 Å². The number of methoxy groups -OCH3 is 1. The highest BCUT2D eigenvalue weighted by molar-refractivity contribution is 5.65. The topological polar surface area (TPSA) is 39.7 Å². The van der Waals surface area contributed by atoms with Crippen LogP contribution in [0.5, 0.6) is 17.2 Å². The Bertz CT molecular complexity index is 514. The van der Waals surface area contributed by atoms with Crippen LogP contribution in [-0.2, 0) is 19.3 Å². The van der Waals surface area contributed by atoms with E-state index in [0.29, 0.717) is 0 Å². The molecule has 3 aliphatic heterocycles. The lowest BCUT2D eigenvalue weighted by Crippen LogP contribution is -2.28. The van der Waals surface area contributed by atoms with E-state index in [1.165, 1.54) is 29.5 Å². The van der Waals surface area contributed by atoms with Crippen molar-refractivity contribution in [2.24, 2.45) is 5.92 Å². The highest BCUT2D eigenvalue weighted by atomic mass is 16.5. The number of fused-ring (bicyclic) bond motifs is 2. The molecular weight excluding hydrogens is 266 g/mol. The molecule has 1 fully saturated rings. The van der Waals surface area contributed by atoms with Gasteiger partial charge in [-0.15, -0.1) is 0 Å². The summed E-state index contributed by atoms with van der Waals surface area (Å²) in [5.41, 5.74) is 3.97. The molecule has 4 rings (SSSR count). The van der Waals surface area contributed by atoms with Crippen LogP contribution >= 0.6 is 0 Å². The molecule has 21 heavy (non-hydrogen) atoms. The molecular formula is C17H23NO3. The second-order valence-corrected chi connectivity index (χ2v) is 6.22. The maximum atomic E-state index is 5.99. The molecule has 0 unspecified atom stereocenters. The van der Waals surface area contributed by atoms with Crippen LogP contribution in [0.15, 0.2) is 0 Å². The van der Waals surface area contributed by atoms with E-state index in [1.54, 1.807) is 7.11 Å². The summed E-state index contributed by atoms with van der Waals surface area (Å²) in [6.45, 7) is 3.83. The van der Waals surface area contributed by atoms with Gasteiger partial charge >= 0.3 is 0 Å². The van der Waals surface area contributed by atoms with Gasteiger partial charge in [-0.3, -0.25) is 0 Å². The lowest BCUT2D eigenvalue weighted by atomic mass is 9.86. The number of ether oxygens (including phenoxy) is 3. The molecule has 114 valence electrons. The molecule has 1 aromatic carbocycles. The number of hydrogen-bond acceptors (Lipinski definition) is 4. The monoisotopic (exact) mass is 289 g/mol. The maximum absolute atomic E-state index is 5.99. The fraction of sp³-hybridized carbons (Fsp3) is 0.647. The Morgan fingerprint density at radius 2 is 1.76 bits per heavy atom. The normalized spacial score (nSPS) is 20.6. The van der Waals surface area contributed by atoms with Crippen LogP contribution in [0.1, 0.15) is 29.5 Å². The van der Waals surface area contributed by atoms with Crippen molar-refractivity contribution in [3.8, 4) is 17.2 Å². The minimum absolute atomic E-state index is 0.762. The first kappa shape index (κ1) is 13.3. The molecule has 3 heterocycles. The summed E-state index contributed by atoms with van der Waals surface area (Å²) in [6.07, 6.45) is 5.57. The highest BCUT2D eigenvalue weighted by Crippen LogP contribution is 2.49. The molecule has 1 N–H and O–H groups in total. The van der Waals surface area contributed by atoms with E-state index in [1.807, 2.05) is 0 Å². The maximum Gasteiger partial charge on any atom is 0.168 e. The van der Waals surface area contributed by atoms with Crippen molar-refractivity contribution >= 4 is 0 Å². The van der Waals surface area contributed by atoms with Crippen LogP contribution in [-0.4, -0.2) is 33.4 Å². The van der Waals surface area contributed by atoms with E-state index in [-0.39, 0.29) is 0 Å².